The molecule has 22 heavy (non-hydrogen) atoms. The molecule has 0 aliphatic carbocycles. The third-order valence-corrected chi connectivity index (χ3v) is 6.39. The van der Waals surface area contributed by atoms with Gasteiger partial charge in [-0.1, -0.05) is 0 Å². The highest BCUT2D eigenvalue weighted by molar-refractivity contribution is 7.89. The van der Waals surface area contributed by atoms with Crippen molar-refractivity contribution in [1.29, 1.82) is 0 Å². The van der Waals surface area contributed by atoms with Gasteiger partial charge in [0.2, 0.25) is 15.9 Å². The van der Waals surface area contributed by atoms with Crippen LogP contribution >= 0.6 is 12.4 Å². The molecular formula is C14H28ClN3O3S. The number of nitrogens with one attached hydrogen (secondary N) is 1. The normalized spacial score (nSPS) is 23.3. The van der Waals surface area contributed by atoms with Crippen LogP contribution in [-0.2, 0) is 14.8 Å². The lowest BCUT2D eigenvalue weighted by atomic mass is 10.1. The zero-order chi connectivity index (χ0) is 15.3. The summed E-state index contributed by atoms with van der Waals surface area (Å²) in [7, 11) is -1.23. The van der Waals surface area contributed by atoms with Crippen LogP contribution in [0.15, 0.2) is 0 Å². The van der Waals surface area contributed by atoms with Crippen molar-refractivity contribution in [2.75, 3.05) is 39.0 Å². The highest BCUT2D eigenvalue weighted by atomic mass is 35.5. The standard InChI is InChI=1S/C14H27N3O3S.ClH/c1-15-13-6-4-8-16(12-13)14(18)7-5-11-21(19,20)17-9-2-3-10-17;/h13,15H,2-12H2,1H3;1H. The topological polar surface area (TPSA) is 69.7 Å². The summed E-state index contributed by atoms with van der Waals surface area (Å²) in [5, 5.41) is 3.21. The number of hydrogen-bond donors (Lipinski definition) is 1. The fourth-order valence-electron chi connectivity index (χ4n) is 3.10. The van der Waals surface area contributed by atoms with Gasteiger partial charge in [0.1, 0.15) is 0 Å². The molecule has 1 N–H and O–H groups in total. The molecule has 8 heteroatoms. The summed E-state index contributed by atoms with van der Waals surface area (Å²) in [5.41, 5.74) is 0. The summed E-state index contributed by atoms with van der Waals surface area (Å²) >= 11 is 0. The average Bonchev–Trinajstić information content (AvgIpc) is 3.02. The van der Waals surface area contributed by atoms with Crippen LogP contribution in [0.4, 0.5) is 0 Å². The molecule has 0 radical (unpaired) electrons. The second-order valence-corrected chi connectivity index (χ2v) is 8.08. The molecule has 0 aromatic heterocycles. The molecule has 1 amide bonds. The lowest BCUT2D eigenvalue weighted by Gasteiger charge is -2.32. The molecule has 2 aliphatic heterocycles. The number of sulfonamides is 1. The third-order valence-electron chi connectivity index (χ3n) is 4.43. The van der Waals surface area contributed by atoms with E-state index >= 15 is 0 Å². The molecule has 2 fully saturated rings. The number of likely N-dealkylation sites (N-methyl/N-ethyl adjacent to an activating group) is 1. The van der Waals surface area contributed by atoms with Crippen molar-refractivity contribution in [2.45, 2.75) is 44.6 Å². The van der Waals surface area contributed by atoms with Gasteiger partial charge in [0.25, 0.3) is 0 Å². The summed E-state index contributed by atoms with van der Waals surface area (Å²) in [6.07, 6.45) is 4.80. The largest absolute Gasteiger partial charge is 0.341 e. The average molecular weight is 354 g/mol. The molecule has 2 heterocycles. The van der Waals surface area contributed by atoms with E-state index in [4.69, 9.17) is 0 Å². The van der Waals surface area contributed by atoms with E-state index in [1.165, 1.54) is 0 Å². The Balaban J connectivity index is 0.00000242. The molecule has 6 nitrogen and oxygen atoms in total. The van der Waals surface area contributed by atoms with Gasteiger partial charge in [0.15, 0.2) is 0 Å². The van der Waals surface area contributed by atoms with Crippen molar-refractivity contribution in [3.63, 3.8) is 0 Å². The van der Waals surface area contributed by atoms with Crippen molar-refractivity contribution in [1.82, 2.24) is 14.5 Å². The number of amides is 1. The van der Waals surface area contributed by atoms with Crippen LogP contribution in [0, 0.1) is 0 Å². The Morgan fingerprint density at radius 1 is 1.18 bits per heavy atom. The first-order valence-electron chi connectivity index (χ1n) is 7.96. The molecule has 1 atom stereocenters. The van der Waals surface area contributed by atoms with Gasteiger partial charge in [-0.3, -0.25) is 4.79 Å². The summed E-state index contributed by atoms with van der Waals surface area (Å²) in [6.45, 7) is 2.84. The van der Waals surface area contributed by atoms with Crippen molar-refractivity contribution in [2.24, 2.45) is 0 Å². The summed E-state index contributed by atoms with van der Waals surface area (Å²) in [4.78, 5) is 14.0. The van der Waals surface area contributed by atoms with E-state index in [1.54, 1.807) is 4.31 Å². The second kappa shape index (κ2) is 9.05. The summed E-state index contributed by atoms with van der Waals surface area (Å²) in [6, 6.07) is 0.371. The van der Waals surface area contributed by atoms with E-state index < -0.39 is 10.0 Å². The second-order valence-electron chi connectivity index (χ2n) is 5.99. The van der Waals surface area contributed by atoms with E-state index in [1.807, 2.05) is 11.9 Å². The van der Waals surface area contributed by atoms with E-state index in [0.717, 1.165) is 38.8 Å². The Bertz CT molecular complexity index is 452. The Hall–Kier alpha value is -0.370. The van der Waals surface area contributed by atoms with Crippen LogP contribution in [0.25, 0.3) is 0 Å². The minimum Gasteiger partial charge on any atom is -0.341 e. The Morgan fingerprint density at radius 3 is 2.50 bits per heavy atom. The van der Waals surface area contributed by atoms with Crippen LogP contribution in [-0.4, -0.2) is 68.6 Å². The first-order chi connectivity index (χ1) is 10.0. The molecule has 2 aliphatic rings. The molecule has 0 aromatic rings. The Kier molecular flexibility index (Phi) is 8.10. The fourth-order valence-corrected chi connectivity index (χ4v) is 4.68. The maximum Gasteiger partial charge on any atom is 0.222 e. The molecule has 130 valence electrons. The number of carbonyl (C=O) groups excluding carboxylic acids is 1. The number of nitrogens with zero attached hydrogens (tertiary/aromatic N) is 2. The third kappa shape index (κ3) is 5.37. The van der Waals surface area contributed by atoms with Crippen LogP contribution in [0.5, 0.6) is 0 Å². The summed E-state index contributed by atoms with van der Waals surface area (Å²) < 4.78 is 25.7. The van der Waals surface area contributed by atoms with Gasteiger partial charge < -0.3 is 10.2 Å². The SMILES string of the molecule is CNC1CCCN(C(=O)CCCS(=O)(=O)N2CCCC2)C1.Cl. The highest BCUT2D eigenvalue weighted by Gasteiger charge is 2.26. The predicted molar refractivity (Wildman–Crippen MR) is 89.7 cm³/mol. The quantitative estimate of drug-likeness (QED) is 0.767. The number of hydrogen-bond acceptors (Lipinski definition) is 4. The van der Waals surface area contributed by atoms with Crippen molar-refractivity contribution in [3.05, 3.63) is 0 Å². The number of carbonyl (C=O) groups is 1. The number of rotatable bonds is 6. The number of likely N-dealkylation sites (tertiary alicyclic amines) is 1. The molecule has 2 rings (SSSR count). The van der Waals surface area contributed by atoms with Crippen LogP contribution in [0.1, 0.15) is 38.5 Å². The van der Waals surface area contributed by atoms with Crippen LogP contribution in [0.2, 0.25) is 0 Å². The lowest BCUT2D eigenvalue weighted by molar-refractivity contribution is -0.132. The van der Waals surface area contributed by atoms with Gasteiger partial charge in [0.05, 0.1) is 5.75 Å². The number of halogens is 1. The smallest absolute Gasteiger partial charge is 0.222 e. The fraction of sp³-hybridized carbons (Fsp3) is 0.929. The monoisotopic (exact) mass is 353 g/mol. The van der Waals surface area contributed by atoms with Crippen LogP contribution in [0.3, 0.4) is 0 Å². The predicted octanol–water partition coefficient (Wildman–Crippen LogP) is 0.824. The minimum absolute atomic E-state index is 0. The molecule has 0 spiro atoms. The zero-order valence-corrected chi connectivity index (χ0v) is 14.9. The minimum atomic E-state index is -3.15. The first-order valence-corrected chi connectivity index (χ1v) is 9.57. The zero-order valence-electron chi connectivity index (χ0n) is 13.3. The van der Waals surface area contributed by atoms with E-state index in [0.29, 0.717) is 32.0 Å². The highest BCUT2D eigenvalue weighted by Crippen LogP contribution is 2.15. The molecule has 0 aromatic carbocycles. The van der Waals surface area contributed by atoms with Crippen molar-refractivity contribution >= 4 is 28.3 Å². The van der Waals surface area contributed by atoms with Gasteiger partial charge in [-0.2, -0.15) is 0 Å². The Morgan fingerprint density at radius 2 is 1.86 bits per heavy atom. The Labute approximate surface area is 140 Å². The molecule has 1 unspecified atom stereocenters. The van der Waals surface area contributed by atoms with Crippen molar-refractivity contribution < 1.29 is 13.2 Å². The van der Waals surface area contributed by atoms with Gasteiger partial charge in [-0.15, -0.1) is 12.4 Å². The van der Waals surface area contributed by atoms with E-state index in [2.05, 4.69) is 5.32 Å². The number of piperidine rings is 1. The molecule has 0 bridgehead atoms. The first kappa shape index (κ1) is 19.7. The molecular weight excluding hydrogens is 326 g/mol. The van der Waals surface area contributed by atoms with Gasteiger partial charge >= 0.3 is 0 Å². The van der Waals surface area contributed by atoms with Gasteiger partial charge in [-0.05, 0) is 39.2 Å². The van der Waals surface area contributed by atoms with Crippen molar-refractivity contribution in [3.8, 4) is 0 Å². The van der Waals surface area contributed by atoms with Crippen LogP contribution < -0.4 is 5.32 Å². The van der Waals surface area contributed by atoms with E-state index in [-0.39, 0.29) is 24.1 Å². The van der Waals surface area contributed by atoms with Gasteiger partial charge in [0, 0.05) is 38.6 Å². The summed E-state index contributed by atoms with van der Waals surface area (Å²) in [5.74, 6) is 0.189. The van der Waals surface area contributed by atoms with E-state index in [9.17, 15) is 13.2 Å². The molecule has 0 saturated carbocycles. The lowest BCUT2D eigenvalue weighted by Crippen LogP contribution is -2.47. The maximum absolute atomic E-state index is 12.2. The maximum atomic E-state index is 12.2. The van der Waals surface area contributed by atoms with Gasteiger partial charge in [-0.25, -0.2) is 12.7 Å². The molecule has 2 saturated heterocycles.